The Morgan fingerprint density at radius 3 is 2.05 bits per heavy atom. The highest BCUT2D eigenvalue weighted by molar-refractivity contribution is 5.74. The molecule has 0 unspecified atom stereocenters. The maximum absolute atomic E-state index is 12.3. The molecular weight excluding hydrogens is 282 g/mol. The smallest absolute Gasteiger partial charge is 0.410 e. The van der Waals surface area contributed by atoms with Gasteiger partial charge in [-0.3, -0.25) is 4.79 Å². The average Bonchev–Trinajstić information content (AvgIpc) is 2.33. The second-order valence-corrected chi connectivity index (χ2v) is 7.99. The second-order valence-electron chi connectivity index (χ2n) is 7.99. The van der Waals surface area contributed by atoms with Crippen molar-refractivity contribution >= 4 is 12.1 Å². The van der Waals surface area contributed by atoms with E-state index in [0.29, 0.717) is 19.4 Å². The fourth-order valence-corrected chi connectivity index (χ4v) is 2.60. The number of esters is 1. The van der Waals surface area contributed by atoms with Crippen molar-refractivity contribution in [2.75, 3.05) is 6.54 Å². The minimum Gasteiger partial charge on any atom is -0.460 e. The Kier molecular flexibility index (Phi) is 5.88. The average molecular weight is 313 g/mol. The standard InChI is InChI=1S/C17H31NO4/c1-8-13-11-12(14(19)21-16(2,3)4)9-10-18(13)15(20)22-17(5,6)7/h12-13H,8-11H2,1-7H3/t12-,13-/m1/s1. The van der Waals surface area contributed by atoms with E-state index < -0.39 is 11.2 Å². The first-order valence-electron chi connectivity index (χ1n) is 8.15. The molecule has 0 aliphatic carbocycles. The molecule has 1 heterocycles. The Hall–Kier alpha value is -1.26. The highest BCUT2D eigenvalue weighted by atomic mass is 16.6. The summed E-state index contributed by atoms with van der Waals surface area (Å²) >= 11 is 0. The van der Waals surface area contributed by atoms with Gasteiger partial charge in [0.1, 0.15) is 11.2 Å². The van der Waals surface area contributed by atoms with Crippen molar-refractivity contribution in [3.63, 3.8) is 0 Å². The van der Waals surface area contributed by atoms with Crippen LogP contribution in [-0.4, -0.2) is 40.8 Å². The van der Waals surface area contributed by atoms with Crippen LogP contribution in [0.15, 0.2) is 0 Å². The van der Waals surface area contributed by atoms with Crippen LogP contribution in [0.25, 0.3) is 0 Å². The van der Waals surface area contributed by atoms with Gasteiger partial charge in [0, 0.05) is 12.6 Å². The fourth-order valence-electron chi connectivity index (χ4n) is 2.60. The molecular formula is C17H31NO4. The lowest BCUT2D eigenvalue weighted by molar-refractivity contribution is -0.162. The summed E-state index contributed by atoms with van der Waals surface area (Å²) in [6.07, 6.45) is 1.79. The minimum absolute atomic E-state index is 0.0288. The van der Waals surface area contributed by atoms with Crippen molar-refractivity contribution in [1.29, 1.82) is 0 Å². The van der Waals surface area contributed by atoms with Crippen molar-refractivity contribution in [3.8, 4) is 0 Å². The summed E-state index contributed by atoms with van der Waals surface area (Å²) in [4.78, 5) is 26.3. The number of nitrogens with zero attached hydrogens (tertiary/aromatic N) is 1. The number of carbonyl (C=O) groups is 2. The molecule has 0 bridgehead atoms. The monoisotopic (exact) mass is 313 g/mol. The first-order chi connectivity index (χ1) is 9.93. The number of carbonyl (C=O) groups excluding carboxylic acids is 2. The summed E-state index contributed by atoms with van der Waals surface area (Å²) in [6, 6.07) is 0.0288. The molecule has 5 heteroatoms. The van der Waals surface area contributed by atoms with Crippen LogP contribution in [0.5, 0.6) is 0 Å². The van der Waals surface area contributed by atoms with E-state index in [4.69, 9.17) is 9.47 Å². The molecule has 1 aliphatic rings. The lowest BCUT2D eigenvalue weighted by Gasteiger charge is -2.39. The number of hydrogen-bond donors (Lipinski definition) is 0. The van der Waals surface area contributed by atoms with Crippen LogP contribution in [0.3, 0.4) is 0 Å². The Balaban J connectivity index is 2.68. The Labute approximate surface area is 134 Å². The quantitative estimate of drug-likeness (QED) is 0.728. The molecule has 128 valence electrons. The zero-order valence-corrected chi connectivity index (χ0v) is 15.1. The van der Waals surface area contributed by atoms with E-state index >= 15 is 0 Å². The lowest BCUT2D eigenvalue weighted by Crippen LogP contribution is -2.49. The summed E-state index contributed by atoms with van der Waals surface area (Å²) in [5.74, 6) is -0.294. The molecule has 0 aromatic heterocycles. The van der Waals surface area contributed by atoms with Crippen LogP contribution < -0.4 is 0 Å². The second kappa shape index (κ2) is 6.88. The summed E-state index contributed by atoms with van der Waals surface area (Å²) in [5.41, 5.74) is -0.974. The van der Waals surface area contributed by atoms with Gasteiger partial charge < -0.3 is 14.4 Å². The molecule has 1 amide bonds. The Bertz CT molecular complexity index is 406. The predicted molar refractivity (Wildman–Crippen MR) is 85.6 cm³/mol. The zero-order valence-electron chi connectivity index (χ0n) is 15.1. The van der Waals surface area contributed by atoms with E-state index in [2.05, 4.69) is 0 Å². The SMILES string of the molecule is CC[C@@H]1C[C@H](C(=O)OC(C)(C)C)CCN1C(=O)OC(C)(C)C. The molecule has 1 rings (SSSR count). The van der Waals surface area contributed by atoms with Gasteiger partial charge in [-0.05, 0) is 60.8 Å². The summed E-state index contributed by atoms with van der Waals surface area (Å²) in [6.45, 7) is 13.8. The van der Waals surface area contributed by atoms with Gasteiger partial charge in [-0.15, -0.1) is 0 Å². The van der Waals surface area contributed by atoms with Crippen molar-refractivity contribution in [2.45, 2.75) is 85.0 Å². The molecule has 0 saturated carbocycles. The lowest BCUT2D eigenvalue weighted by atomic mass is 9.89. The molecule has 0 radical (unpaired) electrons. The van der Waals surface area contributed by atoms with Gasteiger partial charge in [0.15, 0.2) is 0 Å². The van der Waals surface area contributed by atoms with Crippen LogP contribution in [0, 0.1) is 5.92 Å². The third kappa shape index (κ3) is 5.85. The Morgan fingerprint density at radius 2 is 1.59 bits per heavy atom. The molecule has 0 N–H and O–H groups in total. The van der Waals surface area contributed by atoms with E-state index in [-0.39, 0.29) is 24.0 Å². The number of amides is 1. The van der Waals surface area contributed by atoms with Crippen molar-refractivity contribution in [2.24, 2.45) is 5.92 Å². The van der Waals surface area contributed by atoms with Crippen LogP contribution in [-0.2, 0) is 14.3 Å². The highest BCUT2D eigenvalue weighted by Gasteiger charge is 2.37. The summed E-state index contributed by atoms with van der Waals surface area (Å²) < 4.78 is 10.9. The summed E-state index contributed by atoms with van der Waals surface area (Å²) in [5, 5.41) is 0. The van der Waals surface area contributed by atoms with Gasteiger partial charge >= 0.3 is 12.1 Å². The van der Waals surface area contributed by atoms with E-state index in [1.165, 1.54) is 0 Å². The third-order valence-corrected chi connectivity index (χ3v) is 3.56. The largest absolute Gasteiger partial charge is 0.460 e. The van der Waals surface area contributed by atoms with Gasteiger partial charge in [0.05, 0.1) is 5.92 Å². The number of hydrogen-bond acceptors (Lipinski definition) is 4. The number of ether oxygens (including phenoxy) is 2. The first kappa shape index (κ1) is 18.8. The van der Waals surface area contributed by atoms with Crippen LogP contribution >= 0.6 is 0 Å². The van der Waals surface area contributed by atoms with Gasteiger partial charge in [0.2, 0.25) is 0 Å². The normalized spacial score (nSPS) is 23.1. The molecule has 0 spiro atoms. The minimum atomic E-state index is -0.503. The van der Waals surface area contributed by atoms with Crippen LogP contribution in [0.1, 0.15) is 67.7 Å². The molecule has 1 fully saturated rings. The van der Waals surface area contributed by atoms with Crippen molar-refractivity contribution in [3.05, 3.63) is 0 Å². The molecule has 5 nitrogen and oxygen atoms in total. The zero-order chi connectivity index (χ0) is 17.1. The number of piperidine rings is 1. The molecule has 0 aromatic rings. The third-order valence-electron chi connectivity index (χ3n) is 3.56. The van der Waals surface area contributed by atoms with Gasteiger partial charge in [0.25, 0.3) is 0 Å². The predicted octanol–water partition coefficient (Wildman–Crippen LogP) is 3.75. The maximum atomic E-state index is 12.3. The fraction of sp³-hybridized carbons (Fsp3) is 0.882. The number of rotatable bonds is 2. The molecule has 22 heavy (non-hydrogen) atoms. The maximum Gasteiger partial charge on any atom is 0.410 e. The van der Waals surface area contributed by atoms with Gasteiger partial charge in [-0.25, -0.2) is 4.79 Å². The molecule has 1 aliphatic heterocycles. The van der Waals surface area contributed by atoms with E-state index in [1.807, 2.05) is 48.5 Å². The molecule has 0 aromatic carbocycles. The molecule has 2 atom stereocenters. The van der Waals surface area contributed by atoms with E-state index in [9.17, 15) is 9.59 Å². The number of likely N-dealkylation sites (tertiary alicyclic amines) is 1. The van der Waals surface area contributed by atoms with Crippen molar-refractivity contribution in [1.82, 2.24) is 4.90 Å². The molecule has 1 saturated heterocycles. The van der Waals surface area contributed by atoms with Gasteiger partial charge in [-0.2, -0.15) is 0 Å². The topological polar surface area (TPSA) is 55.8 Å². The Morgan fingerprint density at radius 1 is 1.05 bits per heavy atom. The highest BCUT2D eigenvalue weighted by Crippen LogP contribution is 2.28. The summed E-state index contributed by atoms with van der Waals surface area (Å²) in [7, 11) is 0. The van der Waals surface area contributed by atoms with Crippen LogP contribution in [0.4, 0.5) is 4.79 Å². The van der Waals surface area contributed by atoms with E-state index in [1.54, 1.807) is 4.90 Å². The first-order valence-corrected chi connectivity index (χ1v) is 8.15. The van der Waals surface area contributed by atoms with Crippen LogP contribution in [0.2, 0.25) is 0 Å². The van der Waals surface area contributed by atoms with Gasteiger partial charge in [-0.1, -0.05) is 6.92 Å². The van der Waals surface area contributed by atoms with E-state index in [0.717, 1.165) is 6.42 Å². The van der Waals surface area contributed by atoms with Crippen molar-refractivity contribution < 1.29 is 19.1 Å².